The first-order valence-electron chi connectivity index (χ1n) is 9.31. The number of nitrogens with two attached hydrogens (primary N) is 3. The first-order chi connectivity index (χ1) is 14.6. The number of benzene rings is 2. The summed E-state index contributed by atoms with van der Waals surface area (Å²) in [5, 5.41) is 24.7. The second kappa shape index (κ2) is 13.1. The van der Waals surface area contributed by atoms with Gasteiger partial charge in [0, 0.05) is 0 Å². The molecule has 0 amide bonds. The minimum Gasteiger partial charge on any atom is -0.480 e. The van der Waals surface area contributed by atoms with Crippen LogP contribution in [0.1, 0.15) is 11.1 Å². The van der Waals surface area contributed by atoms with E-state index in [0.29, 0.717) is 12.2 Å². The summed E-state index contributed by atoms with van der Waals surface area (Å²) in [6.07, 6.45) is 0.600. The number of aliphatic hydroxyl groups is 1. The molecule has 9 N–H and O–H groups in total. The molecule has 0 fully saturated rings. The quantitative estimate of drug-likeness (QED) is 0.221. The highest BCUT2D eigenvalue weighted by molar-refractivity contribution is 5.78. The molecule has 0 spiro atoms. The van der Waals surface area contributed by atoms with Crippen LogP contribution in [0, 0.1) is 0 Å². The normalized spacial score (nSPS) is 13.2. The summed E-state index contributed by atoms with van der Waals surface area (Å²) in [5.41, 5.74) is 17.8. The molecule has 0 aromatic heterocycles. The summed E-state index contributed by atoms with van der Waals surface area (Å²) in [4.78, 5) is 32.4. The molecule has 2 aromatic carbocycles. The van der Waals surface area contributed by atoms with Crippen molar-refractivity contribution in [1.29, 1.82) is 0 Å². The predicted octanol–water partition coefficient (Wildman–Crippen LogP) is -0.493. The largest absolute Gasteiger partial charge is 0.480 e. The Morgan fingerprint density at radius 1 is 0.742 bits per heavy atom. The second-order valence-electron chi connectivity index (χ2n) is 6.64. The van der Waals surface area contributed by atoms with Gasteiger partial charge in [-0.2, -0.15) is 0 Å². The molecule has 10 nitrogen and oxygen atoms in total. The summed E-state index contributed by atoms with van der Waals surface area (Å²) in [6.45, 7) is -0.505. The van der Waals surface area contributed by atoms with Crippen molar-refractivity contribution in [2.45, 2.75) is 31.0 Å². The van der Waals surface area contributed by atoms with E-state index in [1.165, 1.54) is 0 Å². The molecule has 0 bridgehead atoms. The minimum atomic E-state index is -1.18. The fourth-order valence-corrected chi connectivity index (χ4v) is 2.26. The van der Waals surface area contributed by atoms with Crippen molar-refractivity contribution in [3.8, 4) is 5.75 Å². The van der Waals surface area contributed by atoms with Crippen molar-refractivity contribution < 1.29 is 34.4 Å². The van der Waals surface area contributed by atoms with Crippen molar-refractivity contribution >= 4 is 17.9 Å². The first-order valence-corrected chi connectivity index (χ1v) is 9.31. The monoisotopic (exact) mass is 433 g/mol. The van der Waals surface area contributed by atoms with E-state index in [1.807, 2.05) is 30.3 Å². The zero-order valence-corrected chi connectivity index (χ0v) is 16.8. The molecule has 0 saturated heterocycles. The van der Waals surface area contributed by atoms with Gasteiger partial charge in [0.25, 0.3) is 0 Å². The van der Waals surface area contributed by atoms with Crippen LogP contribution in [-0.4, -0.2) is 58.0 Å². The van der Waals surface area contributed by atoms with E-state index >= 15 is 0 Å². The lowest BCUT2D eigenvalue weighted by atomic mass is 10.1. The fraction of sp³-hybridized carbons (Fsp3) is 0.286. The van der Waals surface area contributed by atoms with Gasteiger partial charge < -0.3 is 37.3 Å². The molecule has 0 aliphatic rings. The molecule has 10 heteroatoms. The molecule has 2 aromatic rings. The molecule has 2 rings (SSSR count). The van der Waals surface area contributed by atoms with Crippen LogP contribution in [0.3, 0.4) is 0 Å². The van der Waals surface area contributed by atoms with Crippen molar-refractivity contribution in [3.63, 3.8) is 0 Å². The highest BCUT2D eigenvalue weighted by Crippen LogP contribution is 2.14. The third-order valence-electron chi connectivity index (χ3n) is 4.03. The summed E-state index contributed by atoms with van der Waals surface area (Å²) >= 11 is 0. The van der Waals surface area contributed by atoms with Gasteiger partial charge >= 0.3 is 17.9 Å². The number of carbonyl (C=O) groups excluding carboxylic acids is 1. The Balaban J connectivity index is 0.000000592. The van der Waals surface area contributed by atoms with Crippen molar-refractivity contribution in [2.24, 2.45) is 17.2 Å². The molecule has 0 unspecified atom stereocenters. The van der Waals surface area contributed by atoms with Gasteiger partial charge in [0.2, 0.25) is 0 Å². The smallest absolute Gasteiger partial charge is 0.328 e. The summed E-state index contributed by atoms with van der Waals surface area (Å²) in [7, 11) is 0. The Morgan fingerprint density at radius 2 is 1.23 bits per heavy atom. The average molecular weight is 433 g/mol. The zero-order valence-electron chi connectivity index (χ0n) is 16.8. The number of rotatable bonds is 9. The van der Waals surface area contributed by atoms with E-state index < -0.39 is 42.6 Å². The maximum atomic E-state index is 12.0. The number of carboxylic acid groups (broad SMARTS) is 2. The van der Waals surface area contributed by atoms with Gasteiger partial charge in [0.1, 0.15) is 23.9 Å². The average Bonchev–Trinajstić information content (AvgIpc) is 2.75. The van der Waals surface area contributed by atoms with Gasteiger partial charge in [-0.1, -0.05) is 42.5 Å². The lowest BCUT2D eigenvalue weighted by molar-refractivity contribution is -0.140. The van der Waals surface area contributed by atoms with Crippen LogP contribution in [0.4, 0.5) is 0 Å². The first kappa shape index (κ1) is 25.7. The summed E-state index contributed by atoms with van der Waals surface area (Å²) in [6, 6.07) is 13.1. The molecular weight excluding hydrogens is 406 g/mol. The molecule has 0 heterocycles. The molecule has 168 valence electrons. The molecule has 0 saturated carbocycles. The lowest BCUT2D eigenvalue weighted by Gasteiger charge is -2.12. The summed E-state index contributed by atoms with van der Waals surface area (Å²) in [5.74, 6) is -2.40. The van der Waals surface area contributed by atoms with E-state index in [0.717, 1.165) is 11.1 Å². The van der Waals surface area contributed by atoms with Gasteiger partial charge in [-0.05, 0) is 36.1 Å². The van der Waals surface area contributed by atoms with Crippen molar-refractivity contribution in [1.82, 2.24) is 0 Å². The van der Waals surface area contributed by atoms with Gasteiger partial charge in [-0.15, -0.1) is 0 Å². The Bertz CT molecular complexity index is 844. The molecule has 31 heavy (non-hydrogen) atoms. The third-order valence-corrected chi connectivity index (χ3v) is 4.03. The fourth-order valence-electron chi connectivity index (χ4n) is 2.26. The second-order valence-corrected chi connectivity index (χ2v) is 6.64. The van der Waals surface area contributed by atoms with Crippen LogP contribution in [0.2, 0.25) is 0 Å². The van der Waals surface area contributed by atoms with Gasteiger partial charge in [0.15, 0.2) is 0 Å². The van der Waals surface area contributed by atoms with E-state index in [9.17, 15) is 14.4 Å². The molecular formula is C21H27N3O7. The van der Waals surface area contributed by atoms with Crippen LogP contribution in [-0.2, 0) is 27.2 Å². The van der Waals surface area contributed by atoms with Crippen LogP contribution in [0.15, 0.2) is 54.6 Å². The maximum Gasteiger partial charge on any atom is 0.328 e. The summed E-state index contributed by atoms with van der Waals surface area (Å²) < 4.78 is 5.24. The molecule has 0 aliphatic carbocycles. The molecule has 0 radical (unpaired) electrons. The van der Waals surface area contributed by atoms with Gasteiger partial charge in [-0.25, -0.2) is 4.79 Å². The van der Waals surface area contributed by atoms with Gasteiger partial charge in [0.05, 0.1) is 6.61 Å². The topological polar surface area (TPSA) is 199 Å². The zero-order chi connectivity index (χ0) is 23.4. The van der Waals surface area contributed by atoms with E-state index in [-0.39, 0.29) is 6.42 Å². The van der Waals surface area contributed by atoms with E-state index in [4.69, 9.17) is 37.3 Å². The number of ether oxygens (including phenoxy) is 1. The van der Waals surface area contributed by atoms with Crippen LogP contribution >= 0.6 is 0 Å². The van der Waals surface area contributed by atoms with Crippen LogP contribution < -0.4 is 21.9 Å². The number of carboxylic acids is 2. The highest BCUT2D eigenvalue weighted by atomic mass is 16.5. The maximum absolute atomic E-state index is 12.0. The number of aliphatic hydroxyl groups excluding tert-OH is 1. The number of carbonyl (C=O) groups is 3. The Kier molecular flexibility index (Phi) is 10.9. The highest BCUT2D eigenvalue weighted by Gasteiger charge is 2.17. The van der Waals surface area contributed by atoms with E-state index in [1.54, 1.807) is 24.3 Å². The van der Waals surface area contributed by atoms with E-state index in [2.05, 4.69) is 0 Å². The third kappa shape index (κ3) is 9.83. The minimum absolute atomic E-state index is 0.205. The lowest BCUT2D eigenvalue weighted by Crippen LogP contribution is -2.36. The number of hydrogen-bond donors (Lipinski definition) is 6. The van der Waals surface area contributed by atoms with Crippen LogP contribution in [0.25, 0.3) is 0 Å². The Labute approximate surface area is 179 Å². The Morgan fingerprint density at radius 3 is 1.68 bits per heavy atom. The van der Waals surface area contributed by atoms with Crippen LogP contribution in [0.5, 0.6) is 5.75 Å². The molecule has 0 aliphatic heterocycles. The number of esters is 1. The van der Waals surface area contributed by atoms with Crippen molar-refractivity contribution in [3.05, 3.63) is 65.7 Å². The SMILES string of the molecule is N[C@@H](CO)C(=O)O.N[C@@H](Cc1ccc(OC(=O)[C@@H](N)Cc2ccccc2)cc1)C(=O)O. The Hall–Kier alpha value is -3.31. The standard InChI is InChI=1S/C18H20N2O4.C3H7NO3/c19-15(17(21)22)10-13-6-8-14(9-7-13)24-18(23)16(20)11-12-4-2-1-3-5-12;4-2(1-5)3(6)7/h1-9,15-16H,10-11,19-20H2,(H,21,22);2,5H,1,4H2,(H,6,7)/t15-,16-;2-/m00/s1. The number of hydrogen-bond acceptors (Lipinski definition) is 8. The van der Waals surface area contributed by atoms with Gasteiger partial charge in [-0.3, -0.25) is 9.59 Å². The number of aliphatic carboxylic acids is 2. The predicted molar refractivity (Wildman–Crippen MR) is 112 cm³/mol. The van der Waals surface area contributed by atoms with Crippen molar-refractivity contribution in [2.75, 3.05) is 6.61 Å². The molecule has 3 atom stereocenters.